The number of aromatic nitrogens is 2. The van der Waals surface area contributed by atoms with E-state index in [0.29, 0.717) is 12.1 Å². The Labute approximate surface area is 174 Å². The zero-order valence-electron chi connectivity index (χ0n) is 16.8. The summed E-state index contributed by atoms with van der Waals surface area (Å²) in [5, 5.41) is 3.68. The highest BCUT2D eigenvalue weighted by molar-refractivity contribution is 7.14. The molecule has 0 aliphatic heterocycles. The molecular weight excluding hydrogens is 378 g/mol. The second kappa shape index (κ2) is 8.13. The lowest BCUT2D eigenvalue weighted by Crippen LogP contribution is -2.33. The van der Waals surface area contributed by atoms with E-state index in [0.717, 1.165) is 39.4 Å². The van der Waals surface area contributed by atoms with Crippen molar-refractivity contribution in [2.24, 2.45) is 0 Å². The third kappa shape index (κ3) is 4.20. The van der Waals surface area contributed by atoms with Crippen LogP contribution in [0.4, 0.5) is 5.13 Å². The Morgan fingerprint density at radius 3 is 2.52 bits per heavy atom. The van der Waals surface area contributed by atoms with Gasteiger partial charge in [0.05, 0.1) is 22.5 Å². The number of carbonyl (C=O) groups is 1. The molecule has 146 valence electrons. The molecule has 0 fully saturated rings. The van der Waals surface area contributed by atoms with Gasteiger partial charge in [-0.25, -0.2) is 4.98 Å². The van der Waals surface area contributed by atoms with Crippen LogP contribution in [0.2, 0.25) is 0 Å². The summed E-state index contributed by atoms with van der Waals surface area (Å²) in [6.07, 6.45) is 0.768. The minimum Gasteiger partial charge on any atom is -0.284 e. The molecule has 0 N–H and O–H groups in total. The van der Waals surface area contributed by atoms with Gasteiger partial charge in [-0.3, -0.25) is 14.7 Å². The van der Waals surface area contributed by atoms with E-state index >= 15 is 0 Å². The zero-order valence-corrected chi connectivity index (χ0v) is 17.7. The first-order valence-electron chi connectivity index (χ1n) is 9.67. The molecule has 4 aromatic rings. The molecule has 2 heterocycles. The van der Waals surface area contributed by atoms with Crippen molar-refractivity contribution in [2.75, 3.05) is 11.4 Å². The lowest BCUT2D eigenvalue weighted by Gasteiger charge is -2.21. The highest BCUT2D eigenvalue weighted by Gasteiger charge is 2.23. The van der Waals surface area contributed by atoms with E-state index in [1.54, 1.807) is 4.90 Å². The van der Waals surface area contributed by atoms with Gasteiger partial charge in [0.15, 0.2) is 5.13 Å². The lowest BCUT2D eigenvalue weighted by atomic mass is 10.1. The van der Waals surface area contributed by atoms with Crippen LogP contribution in [-0.2, 0) is 6.42 Å². The summed E-state index contributed by atoms with van der Waals surface area (Å²) in [5.74, 6) is -0.0530. The number of carbonyl (C=O) groups excluding carboxylic acids is 1. The number of hydrogen-bond acceptors (Lipinski definition) is 4. The fourth-order valence-electron chi connectivity index (χ4n) is 3.37. The first-order valence-corrected chi connectivity index (χ1v) is 10.5. The van der Waals surface area contributed by atoms with Crippen molar-refractivity contribution in [1.29, 1.82) is 0 Å². The van der Waals surface area contributed by atoms with Crippen LogP contribution in [0.5, 0.6) is 0 Å². The number of amides is 1. The van der Waals surface area contributed by atoms with E-state index in [1.165, 1.54) is 16.9 Å². The van der Waals surface area contributed by atoms with Crippen molar-refractivity contribution in [3.8, 4) is 0 Å². The van der Waals surface area contributed by atoms with Crippen LogP contribution in [0.3, 0.4) is 0 Å². The van der Waals surface area contributed by atoms with E-state index in [4.69, 9.17) is 4.98 Å². The molecule has 0 aliphatic carbocycles. The smallest absolute Gasteiger partial charge is 0.261 e. The van der Waals surface area contributed by atoms with Crippen molar-refractivity contribution >= 4 is 33.3 Å². The van der Waals surface area contributed by atoms with Gasteiger partial charge < -0.3 is 0 Å². The summed E-state index contributed by atoms with van der Waals surface area (Å²) in [5.41, 5.74) is 5.56. The molecular formula is C24H23N3OS. The van der Waals surface area contributed by atoms with E-state index in [1.807, 2.05) is 68.6 Å². The normalized spacial score (nSPS) is 11.0. The van der Waals surface area contributed by atoms with E-state index in [-0.39, 0.29) is 5.91 Å². The number of pyridine rings is 1. The number of fused-ring (bicyclic) bond motifs is 1. The van der Waals surface area contributed by atoms with Gasteiger partial charge in [-0.15, -0.1) is 11.3 Å². The predicted octanol–water partition coefficient (Wildman–Crippen LogP) is 5.51. The molecule has 5 heteroatoms. The summed E-state index contributed by atoms with van der Waals surface area (Å²) in [4.78, 5) is 24.6. The second-order valence-corrected chi connectivity index (χ2v) is 8.12. The number of rotatable bonds is 5. The number of anilines is 1. The van der Waals surface area contributed by atoms with Gasteiger partial charge >= 0.3 is 0 Å². The van der Waals surface area contributed by atoms with Crippen molar-refractivity contribution in [2.45, 2.75) is 27.2 Å². The predicted molar refractivity (Wildman–Crippen MR) is 120 cm³/mol. The van der Waals surface area contributed by atoms with Crippen molar-refractivity contribution in [3.63, 3.8) is 0 Å². The summed E-state index contributed by atoms with van der Waals surface area (Å²) >= 11 is 1.50. The molecule has 0 bridgehead atoms. The van der Waals surface area contributed by atoms with E-state index in [9.17, 15) is 4.79 Å². The fourth-order valence-corrected chi connectivity index (χ4v) is 4.20. The fraction of sp³-hybridized carbons (Fsp3) is 0.208. The van der Waals surface area contributed by atoms with Gasteiger partial charge in [0, 0.05) is 17.3 Å². The van der Waals surface area contributed by atoms with Gasteiger partial charge in [-0.2, -0.15) is 0 Å². The summed E-state index contributed by atoms with van der Waals surface area (Å²) in [6, 6.07) is 18.3. The Morgan fingerprint density at radius 2 is 1.79 bits per heavy atom. The maximum absolute atomic E-state index is 13.6. The average molecular weight is 402 g/mol. The van der Waals surface area contributed by atoms with Crippen molar-refractivity contribution < 1.29 is 4.79 Å². The van der Waals surface area contributed by atoms with Crippen LogP contribution in [-0.4, -0.2) is 22.4 Å². The number of hydrogen-bond donors (Lipinski definition) is 0. The van der Waals surface area contributed by atoms with Gasteiger partial charge in [0.25, 0.3) is 5.91 Å². The summed E-state index contributed by atoms with van der Waals surface area (Å²) in [6.45, 7) is 6.47. The Kier molecular flexibility index (Phi) is 5.41. The molecule has 4 nitrogen and oxygen atoms in total. The van der Waals surface area contributed by atoms with Gasteiger partial charge in [-0.05, 0) is 50.5 Å². The van der Waals surface area contributed by atoms with Gasteiger partial charge in [0.2, 0.25) is 0 Å². The second-order valence-electron chi connectivity index (χ2n) is 7.28. The first-order chi connectivity index (χ1) is 14.0. The lowest BCUT2D eigenvalue weighted by molar-refractivity contribution is 0.0986. The molecule has 2 aromatic heterocycles. The topological polar surface area (TPSA) is 46.1 Å². The van der Waals surface area contributed by atoms with E-state index in [2.05, 4.69) is 17.1 Å². The first kappa shape index (κ1) is 19.3. The summed E-state index contributed by atoms with van der Waals surface area (Å²) < 4.78 is 0. The van der Waals surface area contributed by atoms with Crippen LogP contribution in [0.15, 0.2) is 60.0 Å². The highest BCUT2D eigenvalue weighted by Crippen LogP contribution is 2.25. The monoisotopic (exact) mass is 401 g/mol. The van der Waals surface area contributed by atoms with Gasteiger partial charge in [0.1, 0.15) is 0 Å². The summed E-state index contributed by atoms with van der Waals surface area (Å²) in [7, 11) is 0. The Balaban J connectivity index is 1.70. The zero-order chi connectivity index (χ0) is 20.4. The maximum atomic E-state index is 13.6. The average Bonchev–Trinajstić information content (AvgIpc) is 3.14. The Morgan fingerprint density at radius 1 is 1.00 bits per heavy atom. The number of benzene rings is 2. The van der Waals surface area contributed by atoms with E-state index < -0.39 is 0 Å². The molecule has 1 amide bonds. The molecule has 0 aliphatic rings. The third-order valence-electron chi connectivity index (χ3n) is 4.94. The molecule has 29 heavy (non-hydrogen) atoms. The van der Waals surface area contributed by atoms with Crippen LogP contribution in [0, 0.1) is 20.8 Å². The minimum absolute atomic E-state index is 0.0530. The Bertz CT molecular complexity index is 1170. The minimum atomic E-state index is -0.0530. The van der Waals surface area contributed by atoms with Crippen LogP contribution < -0.4 is 4.90 Å². The third-order valence-corrected chi connectivity index (χ3v) is 5.93. The molecule has 0 spiro atoms. The molecule has 0 atom stereocenters. The van der Waals surface area contributed by atoms with Crippen LogP contribution in [0.25, 0.3) is 10.9 Å². The maximum Gasteiger partial charge on any atom is 0.261 e. The molecule has 0 saturated heterocycles. The number of aryl methyl sites for hydroxylation is 3. The van der Waals surface area contributed by atoms with Gasteiger partial charge in [-0.1, -0.05) is 42.5 Å². The number of thiazole rings is 1. The molecule has 0 unspecified atom stereocenters. The van der Waals surface area contributed by atoms with Crippen LogP contribution >= 0.6 is 11.3 Å². The van der Waals surface area contributed by atoms with Crippen molar-refractivity contribution in [1.82, 2.24) is 9.97 Å². The quantitative estimate of drug-likeness (QED) is 0.443. The van der Waals surface area contributed by atoms with Crippen LogP contribution in [0.1, 0.15) is 32.9 Å². The highest BCUT2D eigenvalue weighted by atomic mass is 32.1. The Hall–Kier alpha value is -3.05. The molecule has 0 radical (unpaired) electrons. The molecule has 0 saturated carbocycles. The molecule has 2 aromatic carbocycles. The SMILES string of the molecule is Cc1ccc2cc(C(=O)N(CCc3ccccc3)c3nc(C)cs3)c(C)nc2c1. The largest absolute Gasteiger partial charge is 0.284 e. The number of nitrogens with zero attached hydrogens (tertiary/aromatic N) is 3. The standard InChI is InChI=1S/C24H23N3OS/c1-16-9-10-20-14-21(18(3)26-22(20)13-16)23(28)27(24-25-17(2)15-29-24)12-11-19-7-5-4-6-8-19/h4-10,13-15H,11-12H2,1-3H3. The van der Waals surface area contributed by atoms with Crippen molar-refractivity contribution in [3.05, 3.63) is 88.1 Å². The molecule has 4 rings (SSSR count).